The van der Waals surface area contributed by atoms with Crippen molar-refractivity contribution in [2.75, 3.05) is 18.1 Å². The molecule has 0 saturated carbocycles. The van der Waals surface area contributed by atoms with Gasteiger partial charge in [0.1, 0.15) is 5.75 Å². The van der Waals surface area contributed by atoms with Crippen LogP contribution in [0.2, 0.25) is 0 Å². The molecule has 5 heteroatoms. The van der Waals surface area contributed by atoms with Gasteiger partial charge in [0.15, 0.2) is 7.14 Å². The Morgan fingerprint density at radius 3 is 2.03 bits per heavy atom. The summed E-state index contributed by atoms with van der Waals surface area (Å²) >= 11 is 0. The van der Waals surface area contributed by atoms with E-state index in [0.717, 1.165) is 29.7 Å². The Balaban J connectivity index is 1.87. The third-order valence-electron chi connectivity index (χ3n) is 5.18. The molecule has 0 saturated heterocycles. The minimum atomic E-state index is -3.11. The van der Waals surface area contributed by atoms with Crippen molar-refractivity contribution in [2.45, 2.75) is 33.6 Å². The molecule has 0 aliphatic heterocycles. The molecule has 1 amide bonds. The Hall–Kier alpha value is -2.84. The van der Waals surface area contributed by atoms with Gasteiger partial charge in [0.25, 0.3) is 0 Å². The van der Waals surface area contributed by atoms with Gasteiger partial charge in [0.05, 0.1) is 12.8 Å². The molecule has 1 N–H and O–H groups in total. The molecule has 0 aliphatic rings. The molecule has 0 atom stereocenters. The van der Waals surface area contributed by atoms with Gasteiger partial charge >= 0.3 is 0 Å². The number of aryl methyl sites for hydroxylation is 2. The second-order valence-electron chi connectivity index (χ2n) is 7.60. The average molecular weight is 436 g/mol. The lowest BCUT2D eigenvalue weighted by Gasteiger charge is -2.20. The topological polar surface area (TPSA) is 55.4 Å². The van der Waals surface area contributed by atoms with Crippen molar-refractivity contribution in [3.8, 4) is 5.75 Å². The van der Waals surface area contributed by atoms with Gasteiger partial charge in [0.2, 0.25) is 5.91 Å². The highest BCUT2D eigenvalue weighted by molar-refractivity contribution is 7.79. The molecule has 3 rings (SSSR count). The fourth-order valence-corrected chi connectivity index (χ4v) is 6.12. The summed E-state index contributed by atoms with van der Waals surface area (Å²) in [6, 6.07) is 22.4. The first-order valence-electron chi connectivity index (χ1n) is 10.7. The van der Waals surface area contributed by atoms with E-state index in [4.69, 9.17) is 4.74 Å². The molecule has 0 aromatic heterocycles. The second kappa shape index (κ2) is 10.5. The molecule has 3 aromatic carbocycles. The van der Waals surface area contributed by atoms with E-state index in [1.54, 1.807) is 0 Å². The smallest absolute Gasteiger partial charge is 0.232 e. The van der Waals surface area contributed by atoms with Crippen LogP contribution in [-0.4, -0.2) is 18.7 Å². The number of nitrogens with one attached hydrogen (secondary N) is 1. The first kappa shape index (κ1) is 22.8. The maximum Gasteiger partial charge on any atom is 0.232 e. The second-order valence-corrected chi connectivity index (χ2v) is 10.4. The van der Waals surface area contributed by atoms with Gasteiger partial charge in [-0.25, -0.2) is 0 Å². The van der Waals surface area contributed by atoms with E-state index in [0.29, 0.717) is 22.9 Å². The third-order valence-corrected chi connectivity index (χ3v) is 8.18. The number of amides is 1. The van der Waals surface area contributed by atoms with Crippen LogP contribution < -0.4 is 20.7 Å². The van der Waals surface area contributed by atoms with Gasteiger partial charge in [-0.1, -0.05) is 74.5 Å². The summed E-state index contributed by atoms with van der Waals surface area (Å²) in [7, 11) is -3.11. The van der Waals surface area contributed by atoms with Crippen LogP contribution in [0.3, 0.4) is 0 Å². The standard InChI is InChI=1S/C26H30NO3P/c1-4-16-30-26-20(3)17-22(18-21(26)5-2)27-25(28)19-31(29,23-12-8-6-9-13-23)24-14-10-7-11-15-24/h6-15,17-18H,4-5,16,19H2,1-3H3,(H,27,28). The van der Waals surface area contributed by atoms with Gasteiger partial charge in [0, 0.05) is 16.3 Å². The fraction of sp³-hybridized carbons (Fsp3) is 0.269. The first-order valence-corrected chi connectivity index (χ1v) is 12.6. The molecule has 31 heavy (non-hydrogen) atoms. The molecule has 0 bridgehead atoms. The summed E-state index contributed by atoms with van der Waals surface area (Å²) in [5.74, 6) is 0.626. The quantitative estimate of drug-likeness (QED) is 0.464. The molecule has 0 heterocycles. The molecular formula is C26H30NO3P. The number of rotatable bonds is 9. The molecule has 0 fully saturated rings. The third kappa shape index (κ3) is 5.45. The first-order chi connectivity index (χ1) is 15.0. The van der Waals surface area contributed by atoms with Crippen molar-refractivity contribution >= 4 is 29.3 Å². The van der Waals surface area contributed by atoms with Gasteiger partial charge < -0.3 is 14.6 Å². The van der Waals surface area contributed by atoms with Crippen LogP contribution in [0.5, 0.6) is 5.75 Å². The summed E-state index contributed by atoms with van der Waals surface area (Å²) in [6.07, 6.45) is 1.65. The van der Waals surface area contributed by atoms with Gasteiger partial charge in [-0.05, 0) is 43.0 Å². The van der Waals surface area contributed by atoms with Crippen molar-refractivity contribution in [1.82, 2.24) is 0 Å². The van der Waals surface area contributed by atoms with Crippen molar-refractivity contribution < 1.29 is 14.1 Å². The zero-order chi connectivity index (χ0) is 22.3. The summed E-state index contributed by atoms with van der Waals surface area (Å²) < 4.78 is 20.0. The summed E-state index contributed by atoms with van der Waals surface area (Å²) in [5, 5.41) is 4.34. The molecule has 0 spiro atoms. The number of hydrogen-bond acceptors (Lipinski definition) is 3. The highest BCUT2D eigenvalue weighted by Crippen LogP contribution is 2.43. The van der Waals surface area contributed by atoms with Crippen LogP contribution in [0.15, 0.2) is 72.8 Å². The normalized spacial score (nSPS) is 11.2. The summed E-state index contributed by atoms with van der Waals surface area (Å²) in [6.45, 7) is 6.79. The van der Waals surface area contributed by atoms with E-state index in [9.17, 15) is 9.36 Å². The lowest BCUT2D eigenvalue weighted by Crippen LogP contribution is -2.26. The number of hydrogen-bond donors (Lipinski definition) is 1. The van der Waals surface area contributed by atoms with E-state index in [1.807, 2.05) is 79.7 Å². The van der Waals surface area contributed by atoms with Crippen molar-refractivity contribution in [3.05, 3.63) is 83.9 Å². The summed E-state index contributed by atoms with van der Waals surface area (Å²) in [5.41, 5.74) is 2.74. The predicted octanol–water partition coefficient (Wildman–Crippen LogP) is 5.30. The number of ether oxygens (including phenoxy) is 1. The van der Waals surface area contributed by atoms with Crippen LogP contribution in [-0.2, 0) is 15.8 Å². The SMILES string of the molecule is CCCOc1c(C)cc(NC(=O)CP(=O)(c2ccccc2)c2ccccc2)cc1CC. The molecule has 0 unspecified atom stereocenters. The lowest BCUT2D eigenvalue weighted by molar-refractivity contribution is -0.113. The summed E-state index contributed by atoms with van der Waals surface area (Å²) in [4.78, 5) is 13.0. The molecule has 162 valence electrons. The van der Waals surface area contributed by atoms with Gasteiger partial charge in [-0.3, -0.25) is 4.79 Å². The van der Waals surface area contributed by atoms with E-state index >= 15 is 0 Å². The zero-order valence-corrected chi connectivity index (χ0v) is 19.3. The Kier molecular flexibility index (Phi) is 7.70. The maximum absolute atomic E-state index is 14.1. The largest absolute Gasteiger partial charge is 0.493 e. The molecule has 0 aliphatic carbocycles. The highest BCUT2D eigenvalue weighted by Gasteiger charge is 2.30. The van der Waals surface area contributed by atoms with Gasteiger partial charge in [-0.2, -0.15) is 0 Å². The van der Waals surface area contributed by atoms with Crippen LogP contribution in [0, 0.1) is 6.92 Å². The van der Waals surface area contributed by atoms with Gasteiger partial charge in [-0.15, -0.1) is 0 Å². The molecular weight excluding hydrogens is 405 g/mol. The predicted molar refractivity (Wildman–Crippen MR) is 130 cm³/mol. The average Bonchev–Trinajstić information content (AvgIpc) is 2.79. The minimum Gasteiger partial charge on any atom is -0.493 e. The zero-order valence-electron chi connectivity index (χ0n) is 18.4. The number of benzene rings is 3. The van der Waals surface area contributed by atoms with Crippen LogP contribution >= 0.6 is 7.14 Å². The van der Waals surface area contributed by atoms with E-state index in [2.05, 4.69) is 19.2 Å². The Morgan fingerprint density at radius 2 is 1.52 bits per heavy atom. The highest BCUT2D eigenvalue weighted by atomic mass is 31.2. The minimum absolute atomic E-state index is 0.0877. The monoisotopic (exact) mass is 435 g/mol. The molecule has 3 aromatic rings. The lowest BCUT2D eigenvalue weighted by atomic mass is 10.1. The maximum atomic E-state index is 14.1. The Labute approximate surface area is 185 Å². The van der Waals surface area contributed by atoms with E-state index in [1.165, 1.54) is 0 Å². The fourth-order valence-electron chi connectivity index (χ4n) is 3.66. The van der Waals surface area contributed by atoms with Crippen LogP contribution in [0.1, 0.15) is 31.4 Å². The van der Waals surface area contributed by atoms with Crippen molar-refractivity contribution in [2.24, 2.45) is 0 Å². The Bertz CT molecular complexity index is 1020. The van der Waals surface area contributed by atoms with Crippen molar-refractivity contribution in [1.29, 1.82) is 0 Å². The van der Waals surface area contributed by atoms with E-state index in [-0.39, 0.29) is 12.1 Å². The number of carbonyl (C=O) groups excluding carboxylic acids is 1. The molecule has 0 radical (unpaired) electrons. The number of anilines is 1. The van der Waals surface area contributed by atoms with Crippen LogP contribution in [0.25, 0.3) is 0 Å². The number of carbonyl (C=O) groups is 1. The Morgan fingerprint density at radius 1 is 0.935 bits per heavy atom. The van der Waals surface area contributed by atoms with E-state index < -0.39 is 7.14 Å². The molecule has 4 nitrogen and oxygen atoms in total. The van der Waals surface area contributed by atoms with Crippen molar-refractivity contribution in [3.63, 3.8) is 0 Å². The van der Waals surface area contributed by atoms with Crippen LogP contribution in [0.4, 0.5) is 5.69 Å².